The molecular weight excluding hydrogens is 432 g/mol. The van der Waals surface area contributed by atoms with E-state index in [4.69, 9.17) is 4.74 Å². The lowest BCUT2D eigenvalue weighted by Gasteiger charge is -2.30. The van der Waals surface area contributed by atoms with Crippen LogP contribution in [0.4, 0.5) is 5.69 Å². The molecule has 1 amide bonds. The van der Waals surface area contributed by atoms with Gasteiger partial charge in [0.25, 0.3) is 5.91 Å². The number of aromatic hydroxyl groups is 1. The summed E-state index contributed by atoms with van der Waals surface area (Å²) in [6, 6.07) is 10.4. The summed E-state index contributed by atoms with van der Waals surface area (Å²) in [6.07, 6.45) is 4.72. The van der Waals surface area contributed by atoms with Gasteiger partial charge in [0, 0.05) is 13.1 Å². The van der Waals surface area contributed by atoms with Crippen molar-refractivity contribution in [1.29, 1.82) is 0 Å². The Labute approximate surface area is 188 Å². The molecule has 0 radical (unpaired) electrons. The largest absolute Gasteiger partial charge is 0.508 e. The second-order valence-corrected chi connectivity index (χ2v) is 9.90. The van der Waals surface area contributed by atoms with Gasteiger partial charge in [-0.3, -0.25) is 4.79 Å². The molecule has 172 valence electrons. The highest BCUT2D eigenvalue weighted by atomic mass is 32.2. The molecule has 0 bridgehead atoms. The quantitative estimate of drug-likeness (QED) is 0.612. The van der Waals surface area contributed by atoms with Crippen LogP contribution < -0.4 is 5.32 Å². The summed E-state index contributed by atoms with van der Waals surface area (Å²) in [5, 5.41) is 12.2. The minimum absolute atomic E-state index is 0.00351. The standard InChI is InChI=1S/C23H28N2O6S/c1-16-12-13-17(14-20(16)26)23(28)31-15-22(27)24-19-10-6-7-11-21(19)32(29,30)25(2)18-8-4-3-5-9-18/h6-7,10-14,18,26H,3-5,8-9,15H2,1-2H3,(H,24,27). The number of esters is 1. The smallest absolute Gasteiger partial charge is 0.338 e. The van der Waals surface area contributed by atoms with Crippen molar-refractivity contribution in [3.8, 4) is 5.75 Å². The summed E-state index contributed by atoms with van der Waals surface area (Å²) >= 11 is 0. The van der Waals surface area contributed by atoms with E-state index in [0.29, 0.717) is 5.56 Å². The van der Waals surface area contributed by atoms with E-state index in [1.165, 1.54) is 28.6 Å². The summed E-state index contributed by atoms with van der Waals surface area (Å²) in [4.78, 5) is 24.5. The molecule has 1 saturated carbocycles. The molecule has 2 N–H and O–H groups in total. The Morgan fingerprint density at radius 2 is 1.81 bits per heavy atom. The molecular formula is C23H28N2O6S. The lowest BCUT2D eigenvalue weighted by atomic mass is 9.96. The van der Waals surface area contributed by atoms with Gasteiger partial charge >= 0.3 is 5.97 Å². The summed E-state index contributed by atoms with van der Waals surface area (Å²) in [6.45, 7) is 1.09. The highest BCUT2D eigenvalue weighted by Gasteiger charge is 2.31. The number of carbonyl (C=O) groups is 2. The number of rotatable bonds is 7. The number of hydrogen-bond donors (Lipinski definition) is 2. The number of para-hydroxylation sites is 1. The summed E-state index contributed by atoms with van der Waals surface area (Å²) in [5.74, 6) is -1.49. The second-order valence-electron chi connectivity index (χ2n) is 7.93. The zero-order valence-corrected chi connectivity index (χ0v) is 19.0. The molecule has 1 aliphatic rings. The van der Waals surface area contributed by atoms with Crippen LogP contribution in [0.1, 0.15) is 48.0 Å². The first kappa shape index (κ1) is 23.7. The van der Waals surface area contributed by atoms with Crippen LogP contribution in [0.15, 0.2) is 47.4 Å². The summed E-state index contributed by atoms with van der Waals surface area (Å²) in [7, 11) is -2.24. The van der Waals surface area contributed by atoms with Gasteiger partial charge in [-0.2, -0.15) is 4.31 Å². The number of nitrogens with one attached hydrogen (secondary N) is 1. The number of benzene rings is 2. The molecule has 0 aromatic heterocycles. The molecule has 2 aromatic rings. The van der Waals surface area contributed by atoms with Crippen LogP contribution >= 0.6 is 0 Å². The van der Waals surface area contributed by atoms with Gasteiger partial charge in [-0.05, 0) is 49.6 Å². The molecule has 0 unspecified atom stereocenters. The lowest BCUT2D eigenvalue weighted by molar-refractivity contribution is -0.119. The molecule has 3 rings (SSSR count). The highest BCUT2D eigenvalue weighted by Crippen LogP contribution is 2.29. The molecule has 0 aliphatic heterocycles. The zero-order chi connectivity index (χ0) is 23.3. The maximum Gasteiger partial charge on any atom is 0.338 e. The zero-order valence-electron chi connectivity index (χ0n) is 18.2. The number of nitrogens with zero attached hydrogens (tertiary/aromatic N) is 1. The first-order valence-electron chi connectivity index (χ1n) is 10.5. The van der Waals surface area contributed by atoms with Crippen molar-refractivity contribution in [1.82, 2.24) is 4.31 Å². The fourth-order valence-electron chi connectivity index (χ4n) is 3.73. The first-order valence-corrected chi connectivity index (χ1v) is 12.0. The molecule has 2 aromatic carbocycles. The Hall–Kier alpha value is -2.91. The number of sulfonamides is 1. The lowest BCUT2D eigenvalue weighted by Crippen LogP contribution is -2.38. The van der Waals surface area contributed by atoms with Crippen LogP contribution in [-0.2, 0) is 19.6 Å². The van der Waals surface area contributed by atoms with Crippen molar-refractivity contribution in [3.63, 3.8) is 0 Å². The van der Waals surface area contributed by atoms with E-state index in [1.807, 2.05) is 0 Å². The minimum Gasteiger partial charge on any atom is -0.508 e. The number of phenolic OH excluding ortho intramolecular Hbond substituents is 1. The van der Waals surface area contributed by atoms with Crippen LogP contribution in [0, 0.1) is 6.92 Å². The van der Waals surface area contributed by atoms with Crippen LogP contribution in [0.3, 0.4) is 0 Å². The van der Waals surface area contributed by atoms with Gasteiger partial charge in [0.15, 0.2) is 6.61 Å². The van der Waals surface area contributed by atoms with Gasteiger partial charge in [0.1, 0.15) is 10.6 Å². The normalized spacial score (nSPS) is 14.8. The minimum atomic E-state index is -3.81. The molecule has 0 saturated heterocycles. The van der Waals surface area contributed by atoms with Gasteiger partial charge in [0.2, 0.25) is 10.0 Å². The Morgan fingerprint density at radius 1 is 1.12 bits per heavy atom. The summed E-state index contributed by atoms with van der Waals surface area (Å²) < 4.78 is 32.8. The van der Waals surface area contributed by atoms with Crippen LogP contribution in [0.2, 0.25) is 0 Å². The monoisotopic (exact) mass is 460 g/mol. The average Bonchev–Trinajstić information content (AvgIpc) is 2.79. The summed E-state index contributed by atoms with van der Waals surface area (Å²) in [5.41, 5.74) is 0.845. The fraction of sp³-hybridized carbons (Fsp3) is 0.391. The maximum absolute atomic E-state index is 13.2. The molecule has 32 heavy (non-hydrogen) atoms. The van der Waals surface area contributed by atoms with E-state index in [0.717, 1.165) is 32.1 Å². The number of carbonyl (C=O) groups excluding carboxylic acids is 2. The van der Waals surface area contributed by atoms with Crippen molar-refractivity contribution in [2.75, 3.05) is 19.0 Å². The van der Waals surface area contributed by atoms with Gasteiger partial charge < -0.3 is 15.2 Å². The van der Waals surface area contributed by atoms with E-state index < -0.39 is 28.5 Å². The van der Waals surface area contributed by atoms with Gasteiger partial charge in [-0.25, -0.2) is 13.2 Å². The van der Waals surface area contributed by atoms with Gasteiger partial charge in [0.05, 0.1) is 11.3 Å². The molecule has 8 nitrogen and oxygen atoms in total. The molecule has 1 fully saturated rings. The van der Waals surface area contributed by atoms with Crippen molar-refractivity contribution in [2.45, 2.75) is 50.0 Å². The van der Waals surface area contributed by atoms with E-state index in [-0.39, 0.29) is 27.9 Å². The Morgan fingerprint density at radius 3 is 2.50 bits per heavy atom. The number of aryl methyl sites for hydroxylation is 1. The number of anilines is 1. The van der Waals surface area contributed by atoms with Crippen molar-refractivity contribution in [2.24, 2.45) is 0 Å². The Kier molecular flexibility index (Phi) is 7.52. The third-order valence-corrected chi connectivity index (χ3v) is 7.65. The second kappa shape index (κ2) is 10.1. The van der Waals surface area contributed by atoms with Crippen LogP contribution in [0.5, 0.6) is 5.75 Å². The average molecular weight is 461 g/mol. The predicted octanol–water partition coefficient (Wildman–Crippen LogP) is 3.45. The van der Waals surface area contributed by atoms with E-state index >= 15 is 0 Å². The van der Waals surface area contributed by atoms with Crippen molar-refractivity contribution >= 4 is 27.6 Å². The fourth-order valence-corrected chi connectivity index (χ4v) is 5.29. The maximum atomic E-state index is 13.2. The first-order chi connectivity index (χ1) is 15.2. The van der Waals surface area contributed by atoms with E-state index in [9.17, 15) is 23.1 Å². The van der Waals surface area contributed by atoms with Crippen molar-refractivity contribution in [3.05, 3.63) is 53.6 Å². The van der Waals surface area contributed by atoms with Gasteiger partial charge in [-0.15, -0.1) is 0 Å². The van der Waals surface area contributed by atoms with Gasteiger partial charge in [-0.1, -0.05) is 37.5 Å². The number of amides is 1. The number of phenols is 1. The predicted molar refractivity (Wildman–Crippen MR) is 120 cm³/mol. The van der Waals surface area contributed by atoms with Crippen molar-refractivity contribution < 1.29 is 27.9 Å². The van der Waals surface area contributed by atoms with Crippen LogP contribution in [-0.4, -0.2) is 49.4 Å². The Balaban J connectivity index is 1.68. The molecule has 0 atom stereocenters. The third-order valence-electron chi connectivity index (χ3n) is 5.69. The highest BCUT2D eigenvalue weighted by molar-refractivity contribution is 7.89. The molecule has 9 heteroatoms. The number of ether oxygens (including phenoxy) is 1. The molecule has 0 heterocycles. The third kappa shape index (κ3) is 5.46. The molecule has 1 aliphatic carbocycles. The van der Waals surface area contributed by atoms with E-state index in [2.05, 4.69) is 5.32 Å². The van der Waals surface area contributed by atoms with E-state index in [1.54, 1.807) is 32.2 Å². The van der Waals surface area contributed by atoms with Crippen LogP contribution in [0.25, 0.3) is 0 Å². The topological polar surface area (TPSA) is 113 Å². The molecule has 0 spiro atoms. The SMILES string of the molecule is Cc1ccc(C(=O)OCC(=O)Nc2ccccc2S(=O)(=O)N(C)C2CCCCC2)cc1O. The Bertz CT molecular complexity index is 1090. The number of hydrogen-bond acceptors (Lipinski definition) is 6.